The average molecular weight is 345 g/mol. The molecule has 2 aromatic rings. The van der Waals surface area contributed by atoms with E-state index in [1.807, 2.05) is 18.2 Å². The van der Waals surface area contributed by atoms with Gasteiger partial charge in [-0.15, -0.1) is 0 Å². The lowest BCUT2D eigenvalue weighted by Crippen LogP contribution is -2.32. The van der Waals surface area contributed by atoms with Crippen molar-refractivity contribution in [3.05, 3.63) is 47.1 Å². The van der Waals surface area contributed by atoms with E-state index in [1.54, 1.807) is 19.1 Å². The number of anilines is 3. The van der Waals surface area contributed by atoms with Gasteiger partial charge in [0.05, 0.1) is 5.02 Å². The molecule has 0 bridgehead atoms. The van der Waals surface area contributed by atoms with Gasteiger partial charge in [0.2, 0.25) is 11.8 Å². The number of benzene rings is 1. The van der Waals surface area contributed by atoms with Crippen molar-refractivity contribution in [2.45, 2.75) is 25.8 Å². The van der Waals surface area contributed by atoms with Crippen molar-refractivity contribution >= 4 is 40.6 Å². The average Bonchev–Trinajstić information content (AvgIpc) is 2.57. The number of aryl methyl sites for hydroxylation is 1. The molecule has 0 unspecified atom stereocenters. The molecule has 0 radical (unpaired) electrons. The summed E-state index contributed by atoms with van der Waals surface area (Å²) in [6, 6.07) is 8.52. The van der Waals surface area contributed by atoms with Gasteiger partial charge in [-0.1, -0.05) is 11.6 Å². The van der Waals surface area contributed by atoms with Crippen molar-refractivity contribution in [1.82, 2.24) is 4.98 Å². The topological polar surface area (TPSA) is 83.1 Å². The highest BCUT2D eigenvalue weighted by Crippen LogP contribution is 2.26. The first kappa shape index (κ1) is 16.3. The molecule has 0 saturated carbocycles. The molecule has 3 rings (SSSR count). The Kier molecular flexibility index (Phi) is 4.66. The molecule has 1 aliphatic heterocycles. The maximum Gasteiger partial charge on any atom is 0.247 e. The molecule has 0 saturated heterocycles. The second kappa shape index (κ2) is 6.88. The molecule has 2 amide bonds. The molecular formula is C17H17ClN4O2. The van der Waals surface area contributed by atoms with Crippen LogP contribution in [0.4, 0.5) is 17.2 Å². The fourth-order valence-corrected chi connectivity index (χ4v) is 2.58. The number of nitrogens with one attached hydrogen (secondary N) is 3. The molecule has 0 spiro atoms. The van der Waals surface area contributed by atoms with E-state index >= 15 is 0 Å². The third kappa shape index (κ3) is 3.83. The Labute approximate surface area is 144 Å². The third-order valence-corrected chi connectivity index (χ3v) is 3.98. The molecule has 1 aliphatic rings. The maximum atomic E-state index is 12.2. The zero-order chi connectivity index (χ0) is 17.1. The van der Waals surface area contributed by atoms with Crippen LogP contribution in [0, 0.1) is 0 Å². The van der Waals surface area contributed by atoms with Crippen LogP contribution < -0.4 is 16.0 Å². The number of carbonyl (C=O) groups is 2. The third-order valence-electron chi connectivity index (χ3n) is 3.76. The predicted octanol–water partition coefficient (Wildman–Crippen LogP) is 3.06. The van der Waals surface area contributed by atoms with Gasteiger partial charge in [-0.3, -0.25) is 9.59 Å². The van der Waals surface area contributed by atoms with Crippen LogP contribution >= 0.6 is 11.6 Å². The van der Waals surface area contributed by atoms with E-state index in [-0.39, 0.29) is 11.8 Å². The van der Waals surface area contributed by atoms with Crippen molar-refractivity contribution in [2.24, 2.45) is 0 Å². The van der Waals surface area contributed by atoms with Crippen LogP contribution in [0.25, 0.3) is 0 Å². The summed E-state index contributed by atoms with van der Waals surface area (Å²) in [5, 5.41) is 9.23. The minimum atomic E-state index is -0.446. The monoisotopic (exact) mass is 344 g/mol. The lowest BCUT2D eigenvalue weighted by Gasteiger charge is -2.20. The van der Waals surface area contributed by atoms with Gasteiger partial charge in [0.1, 0.15) is 11.9 Å². The zero-order valence-electron chi connectivity index (χ0n) is 13.1. The van der Waals surface area contributed by atoms with E-state index in [2.05, 4.69) is 20.9 Å². The molecule has 0 fully saturated rings. The van der Waals surface area contributed by atoms with Crippen LogP contribution in [-0.2, 0) is 16.0 Å². The molecule has 3 N–H and O–H groups in total. The Morgan fingerprint density at radius 3 is 2.88 bits per heavy atom. The number of amides is 2. The minimum absolute atomic E-state index is 0.0337. The Hall–Kier alpha value is -2.60. The van der Waals surface area contributed by atoms with Crippen molar-refractivity contribution in [3.63, 3.8) is 0 Å². The van der Waals surface area contributed by atoms with Crippen LogP contribution in [0.2, 0.25) is 5.02 Å². The summed E-state index contributed by atoms with van der Waals surface area (Å²) < 4.78 is 0. The molecule has 6 nitrogen and oxygen atoms in total. The standard InChI is InChI=1S/C17H17ClN4O2/c1-10(17(24)22-15-6-3-12(18)9-19-15)20-13-4-5-14-11(8-13)2-7-16(23)21-14/h3-6,8-10,20H,2,7H2,1H3,(H,21,23)(H,19,22,24)/t10-/m0/s1. The molecule has 1 atom stereocenters. The number of hydrogen-bond donors (Lipinski definition) is 3. The Bertz CT molecular complexity index is 777. The fraction of sp³-hybridized carbons (Fsp3) is 0.235. The summed E-state index contributed by atoms with van der Waals surface area (Å²) in [5.74, 6) is 0.286. The second-order valence-corrected chi connectivity index (χ2v) is 6.07. The Morgan fingerprint density at radius 1 is 1.29 bits per heavy atom. The summed E-state index contributed by atoms with van der Waals surface area (Å²) in [4.78, 5) is 27.6. The van der Waals surface area contributed by atoms with E-state index in [1.165, 1.54) is 6.20 Å². The molecule has 1 aromatic heterocycles. The number of fused-ring (bicyclic) bond motifs is 1. The normalized spacial score (nSPS) is 14.3. The summed E-state index contributed by atoms with van der Waals surface area (Å²) in [6.07, 6.45) is 2.66. The lowest BCUT2D eigenvalue weighted by molar-refractivity contribution is -0.117. The quantitative estimate of drug-likeness (QED) is 0.796. The van der Waals surface area contributed by atoms with Gasteiger partial charge in [0.25, 0.3) is 0 Å². The summed E-state index contributed by atoms with van der Waals surface area (Å²) in [6.45, 7) is 1.77. The van der Waals surface area contributed by atoms with Crippen LogP contribution in [0.1, 0.15) is 18.9 Å². The first-order chi connectivity index (χ1) is 11.5. The fourth-order valence-electron chi connectivity index (χ4n) is 2.47. The molecule has 7 heteroatoms. The second-order valence-electron chi connectivity index (χ2n) is 5.64. The number of halogens is 1. The van der Waals surface area contributed by atoms with Gasteiger partial charge in [-0.25, -0.2) is 4.98 Å². The molecule has 24 heavy (non-hydrogen) atoms. The molecular weight excluding hydrogens is 328 g/mol. The number of carbonyl (C=O) groups excluding carboxylic acids is 2. The highest BCUT2D eigenvalue weighted by molar-refractivity contribution is 6.30. The van der Waals surface area contributed by atoms with E-state index in [0.29, 0.717) is 23.7 Å². The number of nitrogens with zero attached hydrogens (tertiary/aromatic N) is 1. The van der Waals surface area contributed by atoms with E-state index < -0.39 is 6.04 Å². The van der Waals surface area contributed by atoms with Crippen LogP contribution in [0.5, 0.6) is 0 Å². The highest BCUT2D eigenvalue weighted by Gasteiger charge is 2.17. The first-order valence-corrected chi connectivity index (χ1v) is 8.01. The van der Waals surface area contributed by atoms with E-state index in [4.69, 9.17) is 11.6 Å². The number of pyridine rings is 1. The van der Waals surface area contributed by atoms with Gasteiger partial charge in [-0.2, -0.15) is 0 Å². The number of aromatic nitrogens is 1. The van der Waals surface area contributed by atoms with Gasteiger partial charge in [0.15, 0.2) is 0 Å². The largest absolute Gasteiger partial charge is 0.374 e. The van der Waals surface area contributed by atoms with Crippen LogP contribution in [0.15, 0.2) is 36.5 Å². The number of rotatable bonds is 4. The molecule has 1 aromatic carbocycles. The molecule has 2 heterocycles. The Morgan fingerprint density at radius 2 is 2.12 bits per heavy atom. The van der Waals surface area contributed by atoms with E-state index in [0.717, 1.165) is 16.9 Å². The van der Waals surface area contributed by atoms with Crippen molar-refractivity contribution in [1.29, 1.82) is 0 Å². The lowest BCUT2D eigenvalue weighted by atomic mass is 10.0. The van der Waals surface area contributed by atoms with Gasteiger partial charge < -0.3 is 16.0 Å². The van der Waals surface area contributed by atoms with Crippen LogP contribution in [-0.4, -0.2) is 22.8 Å². The highest BCUT2D eigenvalue weighted by atomic mass is 35.5. The molecule has 0 aliphatic carbocycles. The SMILES string of the molecule is C[C@H](Nc1ccc2c(c1)CCC(=O)N2)C(=O)Nc1ccc(Cl)cn1. The van der Waals surface area contributed by atoms with Gasteiger partial charge in [-0.05, 0) is 49.2 Å². The molecule has 124 valence electrons. The predicted molar refractivity (Wildman–Crippen MR) is 94.4 cm³/mol. The van der Waals surface area contributed by atoms with Crippen molar-refractivity contribution in [2.75, 3.05) is 16.0 Å². The summed E-state index contributed by atoms with van der Waals surface area (Å²) >= 11 is 5.77. The Balaban J connectivity index is 1.63. The van der Waals surface area contributed by atoms with Crippen LogP contribution in [0.3, 0.4) is 0 Å². The summed E-state index contributed by atoms with van der Waals surface area (Å²) in [7, 11) is 0. The van der Waals surface area contributed by atoms with E-state index in [9.17, 15) is 9.59 Å². The van der Waals surface area contributed by atoms with Gasteiger partial charge >= 0.3 is 0 Å². The smallest absolute Gasteiger partial charge is 0.247 e. The van der Waals surface area contributed by atoms with Crippen molar-refractivity contribution < 1.29 is 9.59 Å². The minimum Gasteiger partial charge on any atom is -0.374 e. The summed E-state index contributed by atoms with van der Waals surface area (Å²) in [5.41, 5.74) is 2.72. The van der Waals surface area contributed by atoms with Gasteiger partial charge in [0, 0.05) is 24.0 Å². The zero-order valence-corrected chi connectivity index (χ0v) is 13.9. The van der Waals surface area contributed by atoms with Crippen molar-refractivity contribution in [3.8, 4) is 0 Å². The number of hydrogen-bond acceptors (Lipinski definition) is 4. The first-order valence-electron chi connectivity index (χ1n) is 7.63. The maximum absolute atomic E-state index is 12.2.